The number of benzene rings is 1. The van der Waals surface area contributed by atoms with Crippen LogP contribution in [0.5, 0.6) is 0 Å². The van der Waals surface area contributed by atoms with Crippen LogP contribution >= 0.6 is 11.6 Å². The topological polar surface area (TPSA) is 41.5 Å². The third-order valence-corrected chi connectivity index (χ3v) is 2.45. The summed E-state index contributed by atoms with van der Waals surface area (Å²) in [5.41, 5.74) is 4.00. The zero-order chi connectivity index (χ0) is 12.0. The van der Waals surface area contributed by atoms with Gasteiger partial charge in [-0.15, -0.1) is 0 Å². The van der Waals surface area contributed by atoms with Gasteiger partial charge < -0.3 is 0 Å². The summed E-state index contributed by atoms with van der Waals surface area (Å²) < 4.78 is 0. The van der Waals surface area contributed by atoms with Crippen LogP contribution in [0.25, 0.3) is 0 Å². The number of nitrogens with one attached hydrogen (secondary N) is 1. The average Bonchev–Trinajstić information content (AvgIpc) is 2.30. The summed E-state index contributed by atoms with van der Waals surface area (Å²) in [6.45, 7) is 4.02. The van der Waals surface area contributed by atoms with Crippen LogP contribution in [0.15, 0.2) is 29.4 Å². The van der Waals surface area contributed by atoms with E-state index in [4.69, 9.17) is 11.6 Å². The fraction of sp³-hybridized carbons (Fsp3) is 0.333. The minimum atomic E-state index is -0.234. The number of nitrogens with zero attached hydrogens (tertiary/aromatic N) is 1. The van der Waals surface area contributed by atoms with Gasteiger partial charge in [-0.3, -0.25) is 4.79 Å². The largest absolute Gasteiger partial charge is 0.271 e. The monoisotopic (exact) mass is 238 g/mol. The van der Waals surface area contributed by atoms with Crippen LogP contribution in [0.3, 0.4) is 0 Å². The molecule has 0 radical (unpaired) electrons. The molecule has 1 aromatic carbocycles. The van der Waals surface area contributed by atoms with Gasteiger partial charge in [-0.1, -0.05) is 31.5 Å². The van der Waals surface area contributed by atoms with Gasteiger partial charge in [0.25, 0.3) is 5.91 Å². The Balaban J connectivity index is 2.69. The Morgan fingerprint density at radius 2 is 2.06 bits per heavy atom. The molecule has 0 unspecified atom stereocenters. The number of hydrogen-bond donors (Lipinski definition) is 1. The van der Waals surface area contributed by atoms with E-state index in [-0.39, 0.29) is 5.91 Å². The Bertz CT molecular complexity index is 396. The van der Waals surface area contributed by atoms with Crippen molar-refractivity contribution in [3.8, 4) is 0 Å². The Morgan fingerprint density at radius 3 is 2.62 bits per heavy atom. The molecule has 1 amide bonds. The van der Waals surface area contributed by atoms with Crippen molar-refractivity contribution < 1.29 is 4.79 Å². The van der Waals surface area contributed by atoms with Gasteiger partial charge in [0.1, 0.15) is 0 Å². The van der Waals surface area contributed by atoms with E-state index in [1.54, 1.807) is 24.3 Å². The Hall–Kier alpha value is -1.35. The number of halogens is 1. The predicted octanol–water partition coefficient (Wildman–Crippen LogP) is 3.25. The fourth-order valence-corrected chi connectivity index (χ4v) is 1.42. The SMILES string of the molecule is CCC(CC)=NNC(=O)c1cccc(Cl)c1. The molecule has 0 aliphatic heterocycles. The van der Waals surface area contributed by atoms with E-state index >= 15 is 0 Å². The van der Waals surface area contributed by atoms with Crippen LogP contribution in [-0.4, -0.2) is 11.6 Å². The predicted molar refractivity (Wildman–Crippen MR) is 66.9 cm³/mol. The maximum absolute atomic E-state index is 11.7. The number of rotatable bonds is 4. The van der Waals surface area contributed by atoms with Gasteiger partial charge in [0.2, 0.25) is 0 Å². The lowest BCUT2D eigenvalue weighted by molar-refractivity contribution is 0.0954. The molecular formula is C12H15ClN2O. The smallest absolute Gasteiger partial charge is 0.267 e. The summed E-state index contributed by atoms with van der Waals surface area (Å²) in [5.74, 6) is -0.234. The van der Waals surface area contributed by atoms with E-state index in [0.717, 1.165) is 18.6 Å². The van der Waals surface area contributed by atoms with Crippen molar-refractivity contribution in [2.24, 2.45) is 5.10 Å². The van der Waals surface area contributed by atoms with Crippen molar-refractivity contribution in [2.75, 3.05) is 0 Å². The quantitative estimate of drug-likeness (QED) is 0.635. The van der Waals surface area contributed by atoms with Crippen molar-refractivity contribution in [3.63, 3.8) is 0 Å². The summed E-state index contributed by atoms with van der Waals surface area (Å²) in [5, 5.41) is 4.58. The summed E-state index contributed by atoms with van der Waals surface area (Å²) >= 11 is 5.79. The Morgan fingerprint density at radius 1 is 1.38 bits per heavy atom. The number of carbonyl (C=O) groups excluding carboxylic acids is 1. The summed E-state index contributed by atoms with van der Waals surface area (Å²) in [6.07, 6.45) is 1.68. The number of hydrogen-bond acceptors (Lipinski definition) is 2. The maximum Gasteiger partial charge on any atom is 0.271 e. The minimum Gasteiger partial charge on any atom is -0.267 e. The standard InChI is InChI=1S/C12H15ClN2O/c1-3-11(4-2)14-15-12(16)9-6-5-7-10(13)8-9/h5-8H,3-4H2,1-2H3,(H,15,16). The molecule has 0 spiro atoms. The first kappa shape index (κ1) is 12.7. The van der Waals surface area contributed by atoms with Crippen LogP contribution in [0.4, 0.5) is 0 Å². The third-order valence-electron chi connectivity index (χ3n) is 2.22. The van der Waals surface area contributed by atoms with Crippen molar-refractivity contribution in [3.05, 3.63) is 34.9 Å². The first-order valence-electron chi connectivity index (χ1n) is 5.28. The maximum atomic E-state index is 11.7. The highest BCUT2D eigenvalue weighted by Gasteiger charge is 2.04. The fourth-order valence-electron chi connectivity index (χ4n) is 1.23. The highest BCUT2D eigenvalue weighted by molar-refractivity contribution is 6.30. The van der Waals surface area contributed by atoms with Gasteiger partial charge in [0.15, 0.2) is 0 Å². The first-order valence-corrected chi connectivity index (χ1v) is 5.66. The van der Waals surface area contributed by atoms with E-state index in [2.05, 4.69) is 10.5 Å². The Kier molecular flexibility index (Phi) is 4.99. The molecule has 0 aliphatic carbocycles. The number of amides is 1. The van der Waals surface area contributed by atoms with E-state index in [0.29, 0.717) is 10.6 Å². The zero-order valence-electron chi connectivity index (χ0n) is 9.46. The van der Waals surface area contributed by atoms with Crippen molar-refractivity contribution in [1.29, 1.82) is 0 Å². The highest BCUT2D eigenvalue weighted by Crippen LogP contribution is 2.10. The molecular weight excluding hydrogens is 224 g/mol. The molecule has 0 saturated heterocycles. The van der Waals surface area contributed by atoms with E-state index < -0.39 is 0 Å². The van der Waals surface area contributed by atoms with Crippen LogP contribution in [0.2, 0.25) is 5.02 Å². The second kappa shape index (κ2) is 6.28. The first-order chi connectivity index (χ1) is 7.67. The van der Waals surface area contributed by atoms with E-state index in [9.17, 15) is 4.79 Å². The van der Waals surface area contributed by atoms with Crippen LogP contribution in [0.1, 0.15) is 37.0 Å². The number of hydrazone groups is 1. The van der Waals surface area contributed by atoms with E-state index in [1.807, 2.05) is 13.8 Å². The molecule has 0 aliphatic rings. The molecule has 1 N–H and O–H groups in total. The second-order valence-electron chi connectivity index (χ2n) is 3.34. The van der Waals surface area contributed by atoms with Gasteiger partial charge in [-0.05, 0) is 31.0 Å². The number of carbonyl (C=O) groups is 1. The minimum absolute atomic E-state index is 0.234. The molecule has 86 valence electrons. The van der Waals surface area contributed by atoms with Crippen LogP contribution in [0, 0.1) is 0 Å². The lowest BCUT2D eigenvalue weighted by atomic mass is 10.2. The van der Waals surface area contributed by atoms with Crippen molar-refractivity contribution in [1.82, 2.24) is 5.43 Å². The summed E-state index contributed by atoms with van der Waals surface area (Å²) in [7, 11) is 0. The van der Waals surface area contributed by atoms with Crippen molar-refractivity contribution in [2.45, 2.75) is 26.7 Å². The molecule has 16 heavy (non-hydrogen) atoms. The van der Waals surface area contributed by atoms with Crippen molar-refractivity contribution >= 4 is 23.2 Å². The normalized spacial score (nSPS) is 9.69. The van der Waals surface area contributed by atoms with Crippen LogP contribution in [-0.2, 0) is 0 Å². The summed E-state index contributed by atoms with van der Waals surface area (Å²) in [6, 6.07) is 6.78. The van der Waals surface area contributed by atoms with E-state index in [1.165, 1.54) is 0 Å². The molecule has 0 fully saturated rings. The Labute approximate surface area is 101 Å². The van der Waals surface area contributed by atoms with Gasteiger partial charge >= 0.3 is 0 Å². The average molecular weight is 239 g/mol. The molecule has 4 heteroatoms. The molecule has 0 atom stereocenters. The van der Waals surface area contributed by atoms with Gasteiger partial charge in [0.05, 0.1) is 0 Å². The lowest BCUT2D eigenvalue weighted by Crippen LogP contribution is -2.19. The second-order valence-corrected chi connectivity index (χ2v) is 3.77. The van der Waals surface area contributed by atoms with Gasteiger partial charge in [-0.25, -0.2) is 5.43 Å². The molecule has 1 rings (SSSR count). The lowest BCUT2D eigenvalue weighted by Gasteiger charge is -2.02. The molecule has 0 aromatic heterocycles. The molecule has 1 aromatic rings. The van der Waals surface area contributed by atoms with Gasteiger partial charge in [-0.2, -0.15) is 5.10 Å². The van der Waals surface area contributed by atoms with Gasteiger partial charge in [0, 0.05) is 16.3 Å². The molecule has 0 saturated carbocycles. The third kappa shape index (κ3) is 3.66. The molecule has 0 bridgehead atoms. The summed E-state index contributed by atoms with van der Waals surface area (Å²) in [4.78, 5) is 11.7. The molecule has 0 heterocycles. The molecule has 3 nitrogen and oxygen atoms in total. The highest BCUT2D eigenvalue weighted by atomic mass is 35.5. The zero-order valence-corrected chi connectivity index (χ0v) is 10.2. The van der Waals surface area contributed by atoms with Crippen LogP contribution < -0.4 is 5.43 Å².